The van der Waals surface area contributed by atoms with Crippen molar-refractivity contribution in [2.24, 2.45) is 0 Å². The van der Waals surface area contributed by atoms with Gasteiger partial charge in [0.2, 0.25) is 0 Å². The number of hydrogen-bond donors (Lipinski definition) is 1. The number of benzene rings is 2. The minimum atomic E-state index is -0.601. The number of amides is 1. The minimum Gasteiger partial charge on any atom is -0.492 e. The van der Waals surface area contributed by atoms with Crippen LogP contribution in [-0.2, 0) is 4.79 Å². The van der Waals surface area contributed by atoms with Crippen molar-refractivity contribution in [3.63, 3.8) is 0 Å². The maximum Gasteiger partial charge on any atom is 0.265 e. The third kappa shape index (κ3) is 4.01. The molecule has 2 aromatic carbocycles. The summed E-state index contributed by atoms with van der Waals surface area (Å²) in [6, 6.07) is 15.0. The van der Waals surface area contributed by atoms with Gasteiger partial charge in [-0.05, 0) is 44.5 Å². The Kier molecular flexibility index (Phi) is 5.42. The van der Waals surface area contributed by atoms with E-state index in [-0.39, 0.29) is 5.91 Å². The third-order valence-electron chi connectivity index (χ3n) is 3.21. The summed E-state index contributed by atoms with van der Waals surface area (Å²) in [6.07, 6.45) is -0.601. The predicted molar refractivity (Wildman–Crippen MR) is 87.5 cm³/mol. The second kappa shape index (κ2) is 7.50. The maximum absolute atomic E-state index is 12.3. The highest BCUT2D eigenvalue weighted by molar-refractivity contribution is 5.95. The van der Waals surface area contributed by atoms with Crippen molar-refractivity contribution in [3.8, 4) is 11.5 Å². The number of ether oxygens (including phenoxy) is 2. The van der Waals surface area contributed by atoms with Gasteiger partial charge < -0.3 is 14.8 Å². The molecule has 2 aromatic rings. The molecule has 1 N–H and O–H groups in total. The molecule has 0 aliphatic rings. The third-order valence-corrected chi connectivity index (χ3v) is 3.21. The Morgan fingerprint density at radius 1 is 1.09 bits per heavy atom. The van der Waals surface area contributed by atoms with E-state index in [0.717, 1.165) is 5.56 Å². The summed E-state index contributed by atoms with van der Waals surface area (Å²) in [5.41, 5.74) is 1.64. The molecule has 1 atom stereocenters. The number of anilines is 1. The maximum atomic E-state index is 12.3. The fraction of sp³-hybridized carbons (Fsp3) is 0.278. The molecule has 116 valence electrons. The Labute approximate surface area is 131 Å². The van der Waals surface area contributed by atoms with Gasteiger partial charge in [0, 0.05) is 0 Å². The van der Waals surface area contributed by atoms with Crippen molar-refractivity contribution >= 4 is 11.6 Å². The Bertz CT molecular complexity index is 640. The summed E-state index contributed by atoms with van der Waals surface area (Å²) in [5, 5.41) is 2.85. The minimum absolute atomic E-state index is 0.213. The molecule has 0 aliphatic carbocycles. The van der Waals surface area contributed by atoms with Crippen molar-refractivity contribution in [1.29, 1.82) is 0 Å². The van der Waals surface area contributed by atoms with Crippen molar-refractivity contribution in [2.75, 3.05) is 11.9 Å². The highest BCUT2D eigenvalue weighted by atomic mass is 16.5. The van der Waals surface area contributed by atoms with E-state index >= 15 is 0 Å². The molecule has 0 spiro atoms. The molecule has 0 radical (unpaired) electrons. The first-order chi connectivity index (χ1) is 10.6. The number of para-hydroxylation sites is 3. The fourth-order valence-corrected chi connectivity index (χ4v) is 2.02. The molecule has 0 aromatic heterocycles. The number of carbonyl (C=O) groups is 1. The van der Waals surface area contributed by atoms with Crippen molar-refractivity contribution in [3.05, 3.63) is 54.1 Å². The standard InChI is InChI=1S/C18H21NO3/c1-4-21-17-12-8-6-10-15(17)19-18(20)14(3)22-16-11-7-5-9-13(16)2/h5-12,14H,4H2,1-3H3,(H,19,20). The Hall–Kier alpha value is -2.49. The van der Waals surface area contributed by atoms with Gasteiger partial charge in [-0.2, -0.15) is 0 Å². The Morgan fingerprint density at radius 2 is 1.73 bits per heavy atom. The average molecular weight is 299 g/mol. The van der Waals surface area contributed by atoms with E-state index in [2.05, 4.69) is 5.32 Å². The lowest BCUT2D eigenvalue weighted by atomic mass is 10.2. The van der Waals surface area contributed by atoms with E-state index < -0.39 is 6.10 Å². The lowest BCUT2D eigenvalue weighted by Gasteiger charge is -2.17. The highest BCUT2D eigenvalue weighted by Gasteiger charge is 2.17. The zero-order valence-corrected chi connectivity index (χ0v) is 13.1. The molecule has 0 heterocycles. The van der Waals surface area contributed by atoms with Crippen LogP contribution < -0.4 is 14.8 Å². The van der Waals surface area contributed by atoms with E-state index in [4.69, 9.17) is 9.47 Å². The van der Waals surface area contributed by atoms with Crippen LogP contribution in [0.3, 0.4) is 0 Å². The summed E-state index contributed by atoms with van der Waals surface area (Å²) in [5.74, 6) is 1.15. The molecule has 2 rings (SSSR count). The van der Waals surface area contributed by atoms with Crippen LogP contribution in [0.4, 0.5) is 5.69 Å². The van der Waals surface area contributed by atoms with Gasteiger partial charge in [-0.3, -0.25) is 4.79 Å². The second-order valence-corrected chi connectivity index (χ2v) is 4.94. The quantitative estimate of drug-likeness (QED) is 0.882. The Balaban J connectivity index is 2.04. The molecule has 1 amide bonds. The summed E-state index contributed by atoms with van der Waals surface area (Å²) >= 11 is 0. The van der Waals surface area contributed by atoms with Gasteiger partial charge in [0.25, 0.3) is 5.91 Å². The highest BCUT2D eigenvalue weighted by Crippen LogP contribution is 2.24. The van der Waals surface area contributed by atoms with E-state index in [1.165, 1.54) is 0 Å². The van der Waals surface area contributed by atoms with Crippen molar-refractivity contribution in [2.45, 2.75) is 26.9 Å². The molecule has 0 aliphatic heterocycles. The van der Waals surface area contributed by atoms with Gasteiger partial charge in [0.1, 0.15) is 11.5 Å². The summed E-state index contributed by atoms with van der Waals surface area (Å²) in [4.78, 5) is 12.3. The largest absolute Gasteiger partial charge is 0.492 e. The van der Waals surface area contributed by atoms with Crippen LogP contribution in [0.25, 0.3) is 0 Å². The van der Waals surface area contributed by atoms with Gasteiger partial charge in [-0.25, -0.2) is 0 Å². The lowest BCUT2D eigenvalue weighted by molar-refractivity contribution is -0.122. The summed E-state index contributed by atoms with van der Waals surface area (Å²) in [6.45, 7) is 6.13. The van der Waals surface area contributed by atoms with Gasteiger partial charge in [0.05, 0.1) is 12.3 Å². The SMILES string of the molecule is CCOc1ccccc1NC(=O)C(C)Oc1ccccc1C. The number of hydrogen-bond acceptors (Lipinski definition) is 3. The second-order valence-electron chi connectivity index (χ2n) is 4.94. The average Bonchev–Trinajstić information content (AvgIpc) is 2.51. The van der Waals surface area contributed by atoms with Crippen LogP contribution >= 0.6 is 0 Å². The Morgan fingerprint density at radius 3 is 2.41 bits per heavy atom. The lowest BCUT2D eigenvalue weighted by Crippen LogP contribution is -2.30. The zero-order valence-electron chi connectivity index (χ0n) is 13.1. The predicted octanol–water partition coefficient (Wildman–Crippen LogP) is 3.80. The first-order valence-corrected chi connectivity index (χ1v) is 7.36. The van der Waals surface area contributed by atoms with Crippen LogP contribution in [0.15, 0.2) is 48.5 Å². The van der Waals surface area contributed by atoms with E-state index in [1.807, 2.05) is 62.4 Å². The normalized spacial score (nSPS) is 11.6. The van der Waals surface area contributed by atoms with Gasteiger partial charge >= 0.3 is 0 Å². The van der Waals surface area contributed by atoms with Crippen LogP contribution in [0.2, 0.25) is 0 Å². The molecule has 0 bridgehead atoms. The molecule has 4 heteroatoms. The number of rotatable bonds is 6. The van der Waals surface area contributed by atoms with Crippen LogP contribution in [0, 0.1) is 6.92 Å². The first-order valence-electron chi connectivity index (χ1n) is 7.36. The smallest absolute Gasteiger partial charge is 0.265 e. The summed E-state index contributed by atoms with van der Waals surface area (Å²) < 4.78 is 11.2. The fourth-order valence-electron chi connectivity index (χ4n) is 2.02. The van der Waals surface area contributed by atoms with Crippen LogP contribution in [0.5, 0.6) is 11.5 Å². The van der Waals surface area contributed by atoms with Gasteiger partial charge in [-0.1, -0.05) is 30.3 Å². The number of carbonyl (C=O) groups excluding carboxylic acids is 1. The van der Waals surface area contributed by atoms with E-state index in [1.54, 1.807) is 6.92 Å². The van der Waals surface area contributed by atoms with Crippen molar-refractivity contribution < 1.29 is 14.3 Å². The molecule has 0 fully saturated rings. The number of nitrogens with one attached hydrogen (secondary N) is 1. The molecular weight excluding hydrogens is 278 g/mol. The van der Waals surface area contributed by atoms with Crippen LogP contribution in [-0.4, -0.2) is 18.6 Å². The molecule has 4 nitrogen and oxygen atoms in total. The molecule has 22 heavy (non-hydrogen) atoms. The molecule has 1 unspecified atom stereocenters. The molecule has 0 saturated heterocycles. The molecular formula is C18H21NO3. The zero-order chi connectivity index (χ0) is 15.9. The van der Waals surface area contributed by atoms with Gasteiger partial charge in [0.15, 0.2) is 6.10 Å². The number of aryl methyl sites for hydroxylation is 1. The van der Waals surface area contributed by atoms with Crippen LogP contribution in [0.1, 0.15) is 19.4 Å². The topological polar surface area (TPSA) is 47.6 Å². The van der Waals surface area contributed by atoms with E-state index in [0.29, 0.717) is 23.8 Å². The first kappa shape index (κ1) is 15.9. The summed E-state index contributed by atoms with van der Waals surface area (Å²) in [7, 11) is 0. The monoisotopic (exact) mass is 299 g/mol. The van der Waals surface area contributed by atoms with Crippen molar-refractivity contribution in [1.82, 2.24) is 0 Å². The van der Waals surface area contributed by atoms with E-state index in [9.17, 15) is 4.79 Å². The van der Waals surface area contributed by atoms with Gasteiger partial charge in [-0.15, -0.1) is 0 Å². The molecule has 0 saturated carbocycles.